The number of benzene rings is 1. The van der Waals surface area contributed by atoms with Gasteiger partial charge < -0.3 is 14.5 Å². The van der Waals surface area contributed by atoms with Gasteiger partial charge in [0.2, 0.25) is 0 Å². The van der Waals surface area contributed by atoms with Gasteiger partial charge in [-0.15, -0.1) is 0 Å². The average molecular weight is 306 g/mol. The lowest BCUT2D eigenvalue weighted by atomic mass is 10.0. The van der Waals surface area contributed by atoms with Crippen LogP contribution in [0.15, 0.2) is 40.8 Å². The van der Waals surface area contributed by atoms with Gasteiger partial charge in [-0.2, -0.15) is 0 Å². The fraction of sp³-hybridized carbons (Fsp3) is 0.412. The van der Waals surface area contributed by atoms with Gasteiger partial charge >= 0.3 is 0 Å². The molecule has 3 nitrogen and oxygen atoms in total. The molecule has 3 rings (SSSR count). The van der Waals surface area contributed by atoms with Crippen LogP contribution in [0, 0.1) is 5.92 Å². The minimum atomic E-state index is 0.622. The summed E-state index contributed by atoms with van der Waals surface area (Å²) in [7, 11) is 0. The largest absolute Gasteiger partial charge is 0.460 e. The summed E-state index contributed by atoms with van der Waals surface area (Å²) in [5, 5.41) is 4.16. The number of ether oxygens (including phenoxy) is 1. The Balaban J connectivity index is 1.54. The average Bonchev–Trinajstić information content (AvgIpc) is 2.97. The molecule has 1 aromatic heterocycles. The zero-order chi connectivity index (χ0) is 14.5. The summed E-state index contributed by atoms with van der Waals surface area (Å²) in [5.74, 6) is 2.37. The molecule has 2 aromatic rings. The van der Waals surface area contributed by atoms with Gasteiger partial charge in [-0.05, 0) is 43.0 Å². The van der Waals surface area contributed by atoms with Gasteiger partial charge in [0.15, 0.2) is 0 Å². The van der Waals surface area contributed by atoms with Crippen LogP contribution in [-0.2, 0) is 11.3 Å². The van der Waals surface area contributed by atoms with E-state index in [1.807, 2.05) is 36.4 Å². The van der Waals surface area contributed by atoms with Crippen molar-refractivity contribution in [1.29, 1.82) is 0 Å². The molecule has 1 aliphatic heterocycles. The van der Waals surface area contributed by atoms with Crippen LogP contribution in [0.25, 0.3) is 11.3 Å². The third-order valence-electron chi connectivity index (χ3n) is 3.79. The normalized spacial score (nSPS) is 18.8. The van der Waals surface area contributed by atoms with Gasteiger partial charge in [0.05, 0.1) is 18.2 Å². The Morgan fingerprint density at radius 3 is 2.90 bits per heavy atom. The van der Waals surface area contributed by atoms with E-state index in [1.165, 1.54) is 12.8 Å². The van der Waals surface area contributed by atoms with E-state index in [0.717, 1.165) is 43.4 Å². The maximum absolute atomic E-state index is 6.18. The van der Waals surface area contributed by atoms with Gasteiger partial charge in [0, 0.05) is 18.7 Å². The number of rotatable bonds is 5. The van der Waals surface area contributed by atoms with E-state index < -0.39 is 0 Å². The zero-order valence-electron chi connectivity index (χ0n) is 12.0. The molecule has 1 N–H and O–H groups in total. The van der Waals surface area contributed by atoms with E-state index in [9.17, 15) is 0 Å². The highest BCUT2D eigenvalue weighted by Crippen LogP contribution is 2.29. The van der Waals surface area contributed by atoms with Crippen molar-refractivity contribution in [3.63, 3.8) is 0 Å². The molecule has 21 heavy (non-hydrogen) atoms. The van der Waals surface area contributed by atoms with E-state index in [0.29, 0.717) is 10.9 Å². The van der Waals surface area contributed by atoms with Gasteiger partial charge in [-0.25, -0.2) is 0 Å². The van der Waals surface area contributed by atoms with Crippen LogP contribution in [0.1, 0.15) is 18.6 Å². The van der Waals surface area contributed by atoms with E-state index in [2.05, 4.69) is 5.32 Å². The lowest BCUT2D eigenvalue weighted by molar-refractivity contribution is 0.0546. The SMILES string of the molecule is Clc1ccccc1-c1ccc(CNCC2CCCOC2)o1. The van der Waals surface area contributed by atoms with Crippen molar-refractivity contribution in [2.24, 2.45) is 5.92 Å². The Hall–Kier alpha value is -1.29. The summed E-state index contributed by atoms with van der Waals surface area (Å²) in [4.78, 5) is 0. The van der Waals surface area contributed by atoms with Crippen molar-refractivity contribution in [2.75, 3.05) is 19.8 Å². The molecule has 0 aliphatic carbocycles. The minimum Gasteiger partial charge on any atom is -0.460 e. The van der Waals surface area contributed by atoms with E-state index >= 15 is 0 Å². The number of hydrogen-bond donors (Lipinski definition) is 1. The highest BCUT2D eigenvalue weighted by molar-refractivity contribution is 6.33. The number of nitrogens with one attached hydrogen (secondary N) is 1. The molecule has 0 spiro atoms. The smallest absolute Gasteiger partial charge is 0.135 e. The second kappa shape index (κ2) is 7.12. The molecule has 0 radical (unpaired) electrons. The lowest BCUT2D eigenvalue weighted by Crippen LogP contribution is -2.28. The van der Waals surface area contributed by atoms with Crippen LogP contribution in [0.4, 0.5) is 0 Å². The maximum Gasteiger partial charge on any atom is 0.135 e. The Morgan fingerprint density at radius 2 is 2.10 bits per heavy atom. The third-order valence-corrected chi connectivity index (χ3v) is 4.12. The Kier molecular flexibility index (Phi) is 4.96. The maximum atomic E-state index is 6.18. The first-order chi connectivity index (χ1) is 10.3. The summed E-state index contributed by atoms with van der Waals surface area (Å²) in [5.41, 5.74) is 0.936. The fourth-order valence-corrected chi connectivity index (χ4v) is 2.88. The summed E-state index contributed by atoms with van der Waals surface area (Å²) in [6.45, 7) is 3.50. The van der Waals surface area contributed by atoms with Crippen LogP contribution < -0.4 is 5.32 Å². The third kappa shape index (κ3) is 3.88. The fourth-order valence-electron chi connectivity index (χ4n) is 2.65. The standard InChI is InChI=1S/C17H20ClNO2/c18-16-6-2-1-5-15(16)17-8-7-14(21-17)11-19-10-13-4-3-9-20-12-13/h1-2,5-8,13,19H,3-4,9-12H2. The van der Waals surface area contributed by atoms with E-state index in [1.54, 1.807) is 0 Å². The molecular weight excluding hydrogens is 286 g/mol. The molecular formula is C17H20ClNO2. The molecule has 1 unspecified atom stereocenters. The van der Waals surface area contributed by atoms with Crippen molar-refractivity contribution in [1.82, 2.24) is 5.32 Å². The predicted octanol–water partition coefficient (Wildman–Crippen LogP) is 4.12. The highest BCUT2D eigenvalue weighted by Gasteiger charge is 2.13. The Labute approximate surface area is 130 Å². The molecule has 0 bridgehead atoms. The van der Waals surface area contributed by atoms with Crippen LogP contribution in [0.5, 0.6) is 0 Å². The van der Waals surface area contributed by atoms with Crippen LogP contribution in [0.2, 0.25) is 5.02 Å². The number of halogens is 1. The Morgan fingerprint density at radius 1 is 1.19 bits per heavy atom. The highest BCUT2D eigenvalue weighted by atomic mass is 35.5. The van der Waals surface area contributed by atoms with Crippen LogP contribution >= 0.6 is 11.6 Å². The summed E-state index contributed by atoms with van der Waals surface area (Å²) in [6, 6.07) is 11.7. The minimum absolute atomic E-state index is 0.622. The van der Waals surface area contributed by atoms with Crippen molar-refractivity contribution < 1.29 is 9.15 Å². The molecule has 112 valence electrons. The van der Waals surface area contributed by atoms with Gasteiger partial charge in [0.25, 0.3) is 0 Å². The van der Waals surface area contributed by atoms with Crippen molar-refractivity contribution >= 4 is 11.6 Å². The molecule has 4 heteroatoms. The van der Waals surface area contributed by atoms with Crippen molar-refractivity contribution in [2.45, 2.75) is 19.4 Å². The molecule has 2 heterocycles. The topological polar surface area (TPSA) is 34.4 Å². The molecule has 1 fully saturated rings. The monoisotopic (exact) mass is 305 g/mol. The number of furan rings is 1. The summed E-state index contributed by atoms with van der Waals surface area (Å²) < 4.78 is 11.3. The van der Waals surface area contributed by atoms with Crippen molar-refractivity contribution in [3.8, 4) is 11.3 Å². The van der Waals surface area contributed by atoms with Crippen molar-refractivity contribution in [3.05, 3.63) is 47.2 Å². The first-order valence-corrected chi connectivity index (χ1v) is 7.83. The first-order valence-electron chi connectivity index (χ1n) is 7.45. The first kappa shape index (κ1) is 14.6. The zero-order valence-corrected chi connectivity index (χ0v) is 12.7. The van der Waals surface area contributed by atoms with E-state index in [4.69, 9.17) is 20.8 Å². The number of hydrogen-bond acceptors (Lipinski definition) is 3. The molecule has 0 amide bonds. The van der Waals surface area contributed by atoms with Gasteiger partial charge in [-0.3, -0.25) is 0 Å². The molecule has 1 saturated heterocycles. The van der Waals surface area contributed by atoms with Gasteiger partial charge in [-0.1, -0.05) is 23.7 Å². The second-order valence-electron chi connectivity index (χ2n) is 5.46. The van der Waals surface area contributed by atoms with Crippen LogP contribution in [-0.4, -0.2) is 19.8 Å². The van der Waals surface area contributed by atoms with Crippen LogP contribution in [0.3, 0.4) is 0 Å². The van der Waals surface area contributed by atoms with E-state index in [-0.39, 0.29) is 0 Å². The summed E-state index contributed by atoms with van der Waals surface area (Å²) in [6.07, 6.45) is 2.42. The molecule has 1 atom stereocenters. The molecule has 1 aromatic carbocycles. The summed E-state index contributed by atoms with van der Waals surface area (Å²) >= 11 is 6.18. The molecule has 0 saturated carbocycles. The van der Waals surface area contributed by atoms with Gasteiger partial charge in [0.1, 0.15) is 11.5 Å². The second-order valence-corrected chi connectivity index (χ2v) is 5.87. The predicted molar refractivity (Wildman–Crippen MR) is 84.4 cm³/mol. The quantitative estimate of drug-likeness (QED) is 0.902. The Bertz CT molecular complexity index is 576. The molecule has 1 aliphatic rings. The lowest BCUT2D eigenvalue weighted by Gasteiger charge is -2.21.